The molecule has 0 aliphatic heterocycles. The summed E-state index contributed by atoms with van der Waals surface area (Å²) >= 11 is 0. The Morgan fingerprint density at radius 3 is 1.63 bits per heavy atom. The van der Waals surface area contributed by atoms with E-state index in [9.17, 15) is 22.9 Å². The van der Waals surface area contributed by atoms with Gasteiger partial charge in [0.25, 0.3) is 10.1 Å². The maximum Gasteiger partial charge on any atom is 0.266 e. The van der Waals surface area contributed by atoms with Gasteiger partial charge >= 0.3 is 0 Å². The average molecular weight is 600 g/mol. The Morgan fingerprint density at radius 1 is 0.659 bits per heavy atom. The van der Waals surface area contributed by atoms with Crippen LogP contribution in [0, 0.1) is 0 Å². The number of unbranched alkanes of at least 4 members (excludes halogenated alkanes) is 18. The summed E-state index contributed by atoms with van der Waals surface area (Å²) in [5.74, 6) is -0.914. The molecule has 41 heavy (non-hydrogen) atoms. The zero-order valence-electron chi connectivity index (χ0n) is 26.7. The normalized spacial score (nSPS) is 13.8. The first-order valence-corrected chi connectivity index (χ1v) is 18.6. The lowest BCUT2D eigenvalue weighted by molar-refractivity contribution is -0.122. The van der Waals surface area contributed by atoms with Crippen molar-refractivity contribution in [2.75, 3.05) is 5.75 Å². The van der Waals surface area contributed by atoms with E-state index in [4.69, 9.17) is 0 Å². The predicted molar refractivity (Wildman–Crippen MR) is 175 cm³/mol. The van der Waals surface area contributed by atoms with Crippen LogP contribution in [0.2, 0.25) is 0 Å². The van der Waals surface area contributed by atoms with Gasteiger partial charge in [0.15, 0.2) is 0 Å². The van der Waals surface area contributed by atoms with Crippen LogP contribution in [0.4, 0.5) is 0 Å². The van der Waals surface area contributed by atoms with E-state index in [-0.39, 0.29) is 5.91 Å². The molecule has 1 amide bonds. The third-order valence-electron chi connectivity index (χ3n) is 7.66. The van der Waals surface area contributed by atoms with Gasteiger partial charge < -0.3 is 10.4 Å². The van der Waals surface area contributed by atoms with Crippen molar-refractivity contribution in [1.82, 2.24) is 5.32 Å². The molecule has 6 nitrogen and oxygen atoms in total. The first kappa shape index (κ1) is 39.8. The average Bonchev–Trinajstić information content (AvgIpc) is 2.92. The van der Waals surface area contributed by atoms with Crippen molar-refractivity contribution in [2.24, 2.45) is 0 Å². The Morgan fingerprint density at radius 2 is 1.10 bits per heavy atom. The number of aliphatic hydroxyl groups is 1. The van der Waals surface area contributed by atoms with Crippen LogP contribution in [0.3, 0.4) is 0 Å². The maximum atomic E-state index is 12.4. The molecule has 0 heterocycles. The number of carbonyl (C=O) groups excluding carboxylic acids is 1. The molecular weight excluding hydrogens is 534 g/mol. The smallest absolute Gasteiger partial charge is 0.266 e. The zero-order chi connectivity index (χ0) is 30.4. The number of aliphatic hydroxyl groups excluding tert-OH is 1. The van der Waals surface area contributed by atoms with Crippen LogP contribution in [-0.2, 0) is 14.9 Å². The molecule has 2 atom stereocenters. The first-order chi connectivity index (χ1) is 19.8. The van der Waals surface area contributed by atoms with Crippen molar-refractivity contribution in [3.05, 3.63) is 24.3 Å². The van der Waals surface area contributed by atoms with E-state index < -0.39 is 28.0 Å². The highest BCUT2D eigenvalue weighted by Crippen LogP contribution is 2.14. The number of hydrogen-bond donors (Lipinski definition) is 3. The summed E-state index contributed by atoms with van der Waals surface area (Å²) in [5.41, 5.74) is 0. The molecule has 0 aromatic carbocycles. The molecule has 0 aromatic rings. The minimum atomic E-state index is -4.30. The Hall–Kier alpha value is -1.18. The van der Waals surface area contributed by atoms with E-state index in [0.717, 1.165) is 64.2 Å². The van der Waals surface area contributed by atoms with Crippen molar-refractivity contribution in [1.29, 1.82) is 0 Å². The maximum absolute atomic E-state index is 12.4. The van der Waals surface area contributed by atoms with E-state index >= 15 is 0 Å². The molecule has 3 N–H and O–H groups in total. The molecule has 0 rings (SSSR count). The fourth-order valence-corrected chi connectivity index (χ4v) is 5.83. The lowest BCUT2D eigenvalue weighted by atomic mass is 10.0. The summed E-state index contributed by atoms with van der Waals surface area (Å²) in [6.07, 6.45) is 34.0. The van der Waals surface area contributed by atoms with Gasteiger partial charge in [-0.15, -0.1) is 0 Å². The van der Waals surface area contributed by atoms with Crippen LogP contribution in [0.5, 0.6) is 0 Å². The highest BCUT2D eigenvalue weighted by Gasteiger charge is 2.26. The van der Waals surface area contributed by atoms with Crippen molar-refractivity contribution in [3.63, 3.8) is 0 Å². The largest absolute Gasteiger partial charge is 0.391 e. The number of hydrogen-bond acceptors (Lipinski definition) is 4. The van der Waals surface area contributed by atoms with Gasteiger partial charge in [0.2, 0.25) is 5.91 Å². The van der Waals surface area contributed by atoms with Crippen molar-refractivity contribution in [2.45, 2.75) is 180 Å². The summed E-state index contributed by atoms with van der Waals surface area (Å²) < 4.78 is 32.3. The van der Waals surface area contributed by atoms with Crippen LogP contribution >= 0.6 is 0 Å². The lowest BCUT2D eigenvalue weighted by Crippen LogP contribution is -2.47. The summed E-state index contributed by atoms with van der Waals surface area (Å²) in [7, 11) is -4.30. The second kappa shape index (κ2) is 28.9. The SMILES string of the molecule is CCCCC/C=C\C/C=C\CCCCCCCC(=O)NC(CS(=O)(=O)O)C(O)CCCCCCCCCCCCC. The molecule has 0 fully saturated rings. The van der Waals surface area contributed by atoms with Crippen LogP contribution in [0.15, 0.2) is 24.3 Å². The van der Waals surface area contributed by atoms with Gasteiger partial charge in [0, 0.05) is 6.42 Å². The number of rotatable bonds is 30. The molecule has 2 unspecified atom stereocenters. The van der Waals surface area contributed by atoms with E-state index in [1.54, 1.807) is 0 Å². The predicted octanol–water partition coefficient (Wildman–Crippen LogP) is 9.23. The Bertz CT molecular complexity index is 750. The molecule has 0 bridgehead atoms. The highest BCUT2D eigenvalue weighted by atomic mass is 32.2. The van der Waals surface area contributed by atoms with Crippen LogP contribution in [-0.4, -0.2) is 41.9 Å². The first-order valence-electron chi connectivity index (χ1n) is 17.0. The summed E-state index contributed by atoms with van der Waals surface area (Å²) in [6.45, 7) is 4.46. The summed E-state index contributed by atoms with van der Waals surface area (Å²) in [4.78, 5) is 12.4. The topological polar surface area (TPSA) is 104 Å². The number of amides is 1. The molecule has 0 radical (unpaired) electrons. The van der Waals surface area contributed by atoms with Gasteiger partial charge in [0.1, 0.15) is 0 Å². The van der Waals surface area contributed by atoms with Gasteiger partial charge in [-0.05, 0) is 44.9 Å². The van der Waals surface area contributed by atoms with Crippen LogP contribution in [0.1, 0.15) is 168 Å². The number of allylic oxidation sites excluding steroid dienone is 4. The Labute approximate surface area is 254 Å². The molecule has 0 saturated heterocycles. The minimum Gasteiger partial charge on any atom is -0.391 e. The van der Waals surface area contributed by atoms with Crippen molar-refractivity contribution >= 4 is 16.0 Å². The van der Waals surface area contributed by atoms with Gasteiger partial charge in [-0.3, -0.25) is 9.35 Å². The molecule has 7 heteroatoms. The van der Waals surface area contributed by atoms with E-state index in [0.29, 0.717) is 12.8 Å². The second-order valence-electron chi connectivity index (χ2n) is 11.8. The molecule has 0 spiro atoms. The molecule has 0 aliphatic rings. The fourth-order valence-electron chi connectivity index (χ4n) is 5.07. The Balaban J connectivity index is 3.99. The third-order valence-corrected chi connectivity index (χ3v) is 8.44. The van der Waals surface area contributed by atoms with E-state index in [1.165, 1.54) is 77.0 Å². The quantitative estimate of drug-likeness (QED) is 0.0434. The van der Waals surface area contributed by atoms with E-state index in [1.807, 2.05) is 0 Å². The van der Waals surface area contributed by atoms with Gasteiger partial charge in [0.05, 0.1) is 17.9 Å². The number of nitrogens with one attached hydrogen (secondary N) is 1. The molecule has 0 aromatic heterocycles. The lowest BCUT2D eigenvalue weighted by Gasteiger charge is -2.23. The van der Waals surface area contributed by atoms with Gasteiger partial charge in [-0.2, -0.15) is 8.42 Å². The zero-order valence-corrected chi connectivity index (χ0v) is 27.5. The van der Waals surface area contributed by atoms with Crippen LogP contribution in [0.25, 0.3) is 0 Å². The molecule has 0 saturated carbocycles. The summed E-state index contributed by atoms with van der Waals surface area (Å²) in [5, 5.41) is 13.2. The highest BCUT2D eigenvalue weighted by molar-refractivity contribution is 7.85. The minimum absolute atomic E-state index is 0.262. The third kappa shape index (κ3) is 30.1. The monoisotopic (exact) mass is 599 g/mol. The van der Waals surface area contributed by atoms with Gasteiger partial charge in [-0.25, -0.2) is 0 Å². The van der Waals surface area contributed by atoms with Crippen molar-refractivity contribution < 1.29 is 22.9 Å². The van der Waals surface area contributed by atoms with E-state index in [2.05, 4.69) is 43.5 Å². The number of carbonyl (C=O) groups is 1. The van der Waals surface area contributed by atoms with Crippen molar-refractivity contribution in [3.8, 4) is 0 Å². The summed E-state index contributed by atoms with van der Waals surface area (Å²) in [6, 6.07) is -0.974. The Kier molecular flexibility index (Phi) is 28.1. The standard InChI is InChI=1S/C34H65NO5S/c1-3-5-7-9-11-13-15-16-17-18-20-22-24-26-28-30-34(37)35-32(31-41(38,39)40)33(36)29-27-25-23-21-19-14-12-10-8-6-4-2/h11,13,16-17,32-33,36H,3-10,12,14-15,18-31H2,1-2H3,(H,35,37)(H,38,39,40)/b13-11-,17-16-. The molecular formula is C34H65NO5S. The second-order valence-corrected chi connectivity index (χ2v) is 13.3. The fraction of sp³-hybridized carbons (Fsp3) is 0.853. The van der Waals surface area contributed by atoms with Gasteiger partial charge in [-0.1, -0.05) is 141 Å². The molecule has 242 valence electrons. The molecule has 0 aliphatic carbocycles. The van der Waals surface area contributed by atoms with Crippen LogP contribution < -0.4 is 5.32 Å².